The molecule has 2 bridgehead atoms. The molecule has 160 valence electrons. The van der Waals surface area contributed by atoms with Crippen LogP contribution in [0.25, 0.3) is 0 Å². The Kier molecular flexibility index (Phi) is 5.83. The molecule has 2 aliphatic heterocycles. The van der Waals surface area contributed by atoms with Gasteiger partial charge in [0.15, 0.2) is 0 Å². The lowest BCUT2D eigenvalue weighted by molar-refractivity contribution is -0.137. The van der Waals surface area contributed by atoms with Crippen molar-refractivity contribution in [3.8, 4) is 11.5 Å². The summed E-state index contributed by atoms with van der Waals surface area (Å²) in [5.41, 5.74) is 0.344. The van der Waals surface area contributed by atoms with Crippen molar-refractivity contribution in [1.82, 2.24) is 4.90 Å². The topological polar surface area (TPSA) is 77.5 Å². The van der Waals surface area contributed by atoms with Crippen LogP contribution in [0, 0.1) is 0 Å². The van der Waals surface area contributed by atoms with E-state index in [1.54, 1.807) is 19.1 Å². The number of benzene rings is 2. The molecule has 0 aliphatic carbocycles. The molecule has 2 unspecified atom stereocenters. The van der Waals surface area contributed by atoms with Crippen LogP contribution in [-0.4, -0.2) is 55.6 Å². The molecule has 0 saturated carbocycles. The Morgan fingerprint density at radius 2 is 1.63 bits per heavy atom. The second-order valence-corrected chi connectivity index (χ2v) is 7.77. The molecule has 7 heteroatoms. The van der Waals surface area contributed by atoms with Gasteiger partial charge in [-0.25, -0.2) is 4.79 Å². The van der Waals surface area contributed by atoms with Gasteiger partial charge in [0.2, 0.25) is 0 Å². The summed E-state index contributed by atoms with van der Waals surface area (Å²) in [4.78, 5) is 14.6. The summed E-state index contributed by atoms with van der Waals surface area (Å²) < 4.78 is 22.3. The maximum absolute atomic E-state index is 12.9. The van der Waals surface area contributed by atoms with E-state index in [4.69, 9.17) is 18.9 Å². The monoisotopic (exact) mass is 413 g/mol. The van der Waals surface area contributed by atoms with E-state index in [1.165, 1.54) is 0 Å². The quantitative estimate of drug-likeness (QED) is 0.812. The molecule has 2 aliphatic rings. The van der Waals surface area contributed by atoms with Gasteiger partial charge in [0.25, 0.3) is 0 Å². The Labute approximate surface area is 176 Å². The van der Waals surface area contributed by atoms with E-state index < -0.39 is 5.60 Å². The number of rotatable bonds is 5. The lowest BCUT2D eigenvalue weighted by Crippen LogP contribution is -2.62. The van der Waals surface area contributed by atoms with Crippen LogP contribution >= 0.6 is 0 Å². The summed E-state index contributed by atoms with van der Waals surface area (Å²) in [7, 11) is 3.14. The van der Waals surface area contributed by atoms with Crippen molar-refractivity contribution >= 4 is 6.09 Å². The highest BCUT2D eigenvalue weighted by Gasteiger charge is 2.51. The number of methoxy groups -OCH3 is 2. The molecular weight excluding hydrogens is 386 g/mol. The molecule has 2 atom stereocenters. The number of piperidine rings is 1. The molecule has 0 radical (unpaired) electrons. The van der Waals surface area contributed by atoms with E-state index in [2.05, 4.69) is 0 Å². The predicted octanol–water partition coefficient (Wildman–Crippen LogP) is 3.09. The van der Waals surface area contributed by atoms with Crippen LogP contribution in [0.5, 0.6) is 11.5 Å². The summed E-state index contributed by atoms with van der Waals surface area (Å²) in [5.74, 6) is 1.13. The SMILES string of the molecule is COc1cccc(OC)c1C1(O)CC2COCC(C1)N2C(=O)OCc1ccccc1. The highest BCUT2D eigenvalue weighted by molar-refractivity contribution is 5.69. The average Bonchev–Trinajstić information content (AvgIpc) is 2.77. The molecule has 30 heavy (non-hydrogen) atoms. The summed E-state index contributed by atoms with van der Waals surface area (Å²) in [6.45, 7) is 0.897. The molecule has 0 aromatic heterocycles. The average molecular weight is 413 g/mol. The highest BCUT2D eigenvalue weighted by atomic mass is 16.6. The summed E-state index contributed by atoms with van der Waals surface area (Å²) in [6, 6.07) is 14.4. The summed E-state index contributed by atoms with van der Waals surface area (Å²) in [6.07, 6.45) is 0.229. The van der Waals surface area contributed by atoms with Crippen LogP contribution in [0.2, 0.25) is 0 Å². The van der Waals surface area contributed by atoms with Gasteiger partial charge >= 0.3 is 6.09 Å². The molecule has 2 heterocycles. The third kappa shape index (κ3) is 3.82. The van der Waals surface area contributed by atoms with Crippen molar-refractivity contribution in [2.75, 3.05) is 27.4 Å². The fraction of sp³-hybridized carbons (Fsp3) is 0.435. The zero-order chi connectivity index (χ0) is 21.1. The maximum atomic E-state index is 12.9. The minimum atomic E-state index is -1.20. The number of hydrogen-bond acceptors (Lipinski definition) is 6. The molecule has 2 aromatic carbocycles. The Hall–Kier alpha value is -2.77. The molecule has 2 saturated heterocycles. The number of aliphatic hydroxyl groups is 1. The predicted molar refractivity (Wildman–Crippen MR) is 110 cm³/mol. The van der Waals surface area contributed by atoms with Crippen LogP contribution in [0.4, 0.5) is 4.79 Å². The normalized spacial score (nSPS) is 25.5. The zero-order valence-electron chi connectivity index (χ0n) is 17.2. The van der Waals surface area contributed by atoms with E-state index in [0.717, 1.165) is 5.56 Å². The second-order valence-electron chi connectivity index (χ2n) is 7.77. The Morgan fingerprint density at radius 1 is 1.03 bits per heavy atom. The maximum Gasteiger partial charge on any atom is 0.410 e. The van der Waals surface area contributed by atoms with E-state index in [-0.39, 0.29) is 24.8 Å². The largest absolute Gasteiger partial charge is 0.496 e. The van der Waals surface area contributed by atoms with Gasteiger partial charge in [-0.3, -0.25) is 4.90 Å². The fourth-order valence-electron chi connectivity index (χ4n) is 4.58. The summed E-state index contributed by atoms with van der Waals surface area (Å²) >= 11 is 0. The van der Waals surface area contributed by atoms with Gasteiger partial charge in [0.1, 0.15) is 23.7 Å². The third-order valence-corrected chi connectivity index (χ3v) is 5.86. The van der Waals surface area contributed by atoms with Gasteiger partial charge in [-0.1, -0.05) is 36.4 Å². The van der Waals surface area contributed by atoms with Gasteiger partial charge in [-0.2, -0.15) is 0 Å². The van der Waals surface area contributed by atoms with Gasteiger partial charge < -0.3 is 24.1 Å². The van der Waals surface area contributed by atoms with Gasteiger partial charge in [0.05, 0.1) is 45.1 Å². The van der Waals surface area contributed by atoms with Crippen molar-refractivity contribution in [3.05, 3.63) is 59.7 Å². The molecule has 1 N–H and O–H groups in total. The molecule has 2 fully saturated rings. The van der Waals surface area contributed by atoms with Crippen molar-refractivity contribution in [1.29, 1.82) is 0 Å². The number of carbonyl (C=O) groups excluding carboxylic acids is 1. The number of fused-ring (bicyclic) bond motifs is 2. The van der Waals surface area contributed by atoms with E-state index in [0.29, 0.717) is 43.1 Å². The first-order valence-corrected chi connectivity index (χ1v) is 10.1. The van der Waals surface area contributed by atoms with Crippen molar-refractivity contribution in [3.63, 3.8) is 0 Å². The lowest BCUT2D eigenvalue weighted by Gasteiger charge is -2.51. The Bertz CT molecular complexity index is 850. The van der Waals surface area contributed by atoms with Crippen LogP contribution in [0.3, 0.4) is 0 Å². The van der Waals surface area contributed by atoms with Crippen LogP contribution < -0.4 is 9.47 Å². The first-order valence-electron chi connectivity index (χ1n) is 10.1. The fourth-order valence-corrected chi connectivity index (χ4v) is 4.58. The molecule has 2 aromatic rings. The Morgan fingerprint density at radius 3 is 2.20 bits per heavy atom. The highest BCUT2D eigenvalue weighted by Crippen LogP contribution is 2.47. The van der Waals surface area contributed by atoms with Gasteiger partial charge in [-0.15, -0.1) is 0 Å². The van der Waals surface area contributed by atoms with Crippen molar-refractivity contribution in [2.24, 2.45) is 0 Å². The number of nitrogens with zero attached hydrogens (tertiary/aromatic N) is 1. The van der Waals surface area contributed by atoms with E-state index in [1.807, 2.05) is 48.5 Å². The summed E-state index contributed by atoms with van der Waals surface area (Å²) in [5, 5.41) is 11.7. The van der Waals surface area contributed by atoms with Crippen LogP contribution in [0.15, 0.2) is 48.5 Å². The number of carbonyl (C=O) groups is 1. The molecular formula is C23H27NO6. The van der Waals surface area contributed by atoms with Gasteiger partial charge in [-0.05, 0) is 17.7 Å². The molecule has 0 spiro atoms. The Balaban J connectivity index is 1.56. The standard InChI is InChI=1S/C23H27NO6/c1-27-19-9-6-10-20(28-2)21(19)23(26)11-17-14-29-15-18(12-23)24(17)22(25)30-13-16-7-4-3-5-8-16/h3-10,17-18,26H,11-15H2,1-2H3. The molecule has 4 rings (SSSR count). The second kappa shape index (κ2) is 8.53. The molecule has 7 nitrogen and oxygen atoms in total. The van der Waals surface area contributed by atoms with E-state index >= 15 is 0 Å². The zero-order valence-corrected chi connectivity index (χ0v) is 17.2. The number of hydrogen-bond donors (Lipinski definition) is 1. The van der Waals surface area contributed by atoms with Crippen LogP contribution in [0.1, 0.15) is 24.0 Å². The minimum Gasteiger partial charge on any atom is -0.496 e. The minimum absolute atomic E-state index is 0.209. The third-order valence-electron chi connectivity index (χ3n) is 5.86. The molecule has 1 amide bonds. The first-order chi connectivity index (χ1) is 14.6. The lowest BCUT2D eigenvalue weighted by atomic mass is 9.76. The number of morpholine rings is 1. The number of amides is 1. The van der Waals surface area contributed by atoms with Crippen molar-refractivity contribution in [2.45, 2.75) is 37.1 Å². The van der Waals surface area contributed by atoms with Gasteiger partial charge in [0, 0.05) is 12.8 Å². The first kappa shape index (κ1) is 20.5. The smallest absolute Gasteiger partial charge is 0.410 e. The van der Waals surface area contributed by atoms with Crippen molar-refractivity contribution < 1.29 is 28.8 Å². The van der Waals surface area contributed by atoms with Crippen LogP contribution in [-0.2, 0) is 21.7 Å². The van der Waals surface area contributed by atoms with E-state index in [9.17, 15) is 9.90 Å². The number of ether oxygens (including phenoxy) is 4.